The SMILES string of the molecule is COc1ccc(OC)c(C=C2SC(=O)N(CN(C)C)C2=O)c1. The monoisotopic (exact) mass is 322 g/mol. The van der Waals surface area contributed by atoms with Gasteiger partial charge in [-0.05, 0) is 50.1 Å². The zero-order valence-corrected chi connectivity index (χ0v) is 13.8. The summed E-state index contributed by atoms with van der Waals surface area (Å²) < 4.78 is 10.5. The van der Waals surface area contributed by atoms with Crippen molar-refractivity contribution in [2.45, 2.75) is 0 Å². The van der Waals surface area contributed by atoms with Gasteiger partial charge < -0.3 is 9.47 Å². The van der Waals surface area contributed by atoms with Crippen LogP contribution in [0, 0.1) is 0 Å². The van der Waals surface area contributed by atoms with Crippen LogP contribution in [0.15, 0.2) is 23.1 Å². The summed E-state index contributed by atoms with van der Waals surface area (Å²) in [4.78, 5) is 27.6. The van der Waals surface area contributed by atoms with Crippen molar-refractivity contribution in [3.63, 3.8) is 0 Å². The molecule has 0 spiro atoms. The van der Waals surface area contributed by atoms with E-state index >= 15 is 0 Å². The molecule has 2 amide bonds. The summed E-state index contributed by atoms with van der Waals surface area (Å²) in [6, 6.07) is 5.29. The Bertz CT molecular complexity index is 628. The summed E-state index contributed by atoms with van der Waals surface area (Å²) in [7, 11) is 6.73. The van der Waals surface area contributed by atoms with Gasteiger partial charge >= 0.3 is 0 Å². The number of thioether (sulfide) groups is 1. The average Bonchev–Trinajstić information content (AvgIpc) is 2.74. The summed E-state index contributed by atoms with van der Waals surface area (Å²) >= 11 is 0.927. The summed E-state index contributed by atoms with van der Waals surface area (Å²) in [6.45, 7) is 0.261. The molecule has 0 bridgehead atoms. The van der Waals surface area contributed by atoms with E-state index in [0.717, 1.165) is 11.8 Å². The Morgan fingerprint density at radius 2 is 1.95 bits per heavy atom. The van der Waals surface area contributed by atoms with Crippen LogP contribution in [-0.2, 0) is 4.79 Å². The van der Waals surface area contributed by atoms with Gasteiger partial charge in [-0.2, -0.15) is 0 Å². The highest BCUT2D eigenvalue weighted by molar-refractivity contribution is 8.18. The molecule has 7 heteroatoms. The molecule has 0 aromatic heterocycles. The lowest BCUT2D eigenvalue weighted by atomic mass is 10.1. The molecule has 0 N–H and O–H groups in total. The minimum Gasteiger partial charge on any atom is -0.497 e. The number of hydrogen-bond donors (Lipinski definition) is 0. The number of imide groups is 1. The van der Waals surface area contributed by atoms with Gasteiger partial charge in [-0.25, -0.2) is 0 Å². The van der Waals surface area contributed by atoms with Gasteiger partial charge in [0.2, 0.25) is 0 Å². The number of nitrogens with zero attached hydrogens (tertiary/aromatic N) is 2. The summed E-state index contributed by atoms with van der Waals surface area (Å²) in [6.07, 6.45) is 1.65. The Morgan fingerprint density at radius 1 is 1.23 bits per heavy atom. The van der Waals surface area contributed by atoms with Gasteiger partial charge in [-0.15, -0.1) is 0 Å². The first-order chi connectivity index (χ1) is 10.5. The molecule has 1 aromatic rings. The zero-order chi connectivity index (χ0) is 16.3. The minimum absolute atomic E-state index is 0.261. The molecule has 1 aliphatic rings. The lowest BCUT2D eigenvalue weighted by Gasteiger charge is -2.17. The number of hydrogen-bond acceptors (Lipinski definition) is 6. The summed E-state index contributed by atoms with van der Waals surface area (Å²) in [5, 5.41) is -0.271. The maximum atomic E-state index is 12.3. The number of ether oxygens (including phenoxy) is 2. The quantitative estimate of drug-likeness (QED) is 0.775. The van der Waals surface area contributed by atoms with Crippen molar-refractivity contribution in [1.29, 1.82) is 0 Å². The summed E-state index contributed by atoms with van der Waals surface area (Å²) in [5.41, 5.74) is 0.692. The van der Waals surface area contributed by atoms with Crippen LogP contribution in [-0.4, -0.2) is 55.9 Å². The van der Waals surface area contributed by atoms with E-state index in [4.69, 9.17) is 9.47 Å². The molecule has 1 aliphatic heterocycles. The van der Waals surface area contributed by atoms with Gasteiger partial charge in [0.05, 0.1) is 25.8 Å². The Kier molecular flexibility index (Phi) is 5.10. The first-order valence-electron chi connectivity index (χ1n) is 6.58. The fraction of sp³-hybridized carbons (Fsp3) is 0.333. The fourth-order valence-electron chi connectivity index (χ4n) is 2.00. The Labute approximate surface area is 133 Å². The Hall–Kier alpha value is -1.99. The second kappa shape index (κ2) is 6.85. The van der Waals surface area contributed by atoms with Crippen molar-refractivity contribution in [3.8, 4) is 11.5 Å². The van der Waals surface area contributed by atoms with Crippen LogP contribution >= 0.6 is 11.8 Å². The highest BCUT2D eigenvalue weighted by Gasteiger charge is 2.35. The molecule has 0 radical (unpaired) electrons. The third-order valence-electron chi connectivity index (χ3n) is 3.02. The molecule has 0 unspecified atom stereocenters. The maximum Gasteiger partial charge on any atom is 0.294 e. The maximum absolute atomic E-state index is 12.3. The van der Waals surface area contributed by atoms with Crippen molar-refractivity contribution in [2.75, 3.05) is 35.0 Å². The molecular weight excluding hydrogens is 304 g/mol. The van der Waals surface area contributed by atoms with Crippen LogP contribution in [0.2, 0.25) is 0 Å². The van der Waals surface area contributed by atoms with E-state index in [-0.39, 0.29) is 17.8 Å². The third kappa shape index (κ3) is 3.42. The number of methoxy groups -OCH3 is 2. The molecule has 0 saturated carbocycles. The first-order valence-corrected chi connectivity index (χ1v) is 7.40. The molecule has 1 heterocycles. The van der Waals surface area contributed by atoms with Crippen LogP contribution in [0.25, 0.3) is 6.08 Å². The predicted octanol–water partition coefficient (Wildman–Crippen LogP) is 2.26. The number of carbonyl (C=O) groups is 2. The fourth-order valence-corrected chi connectivity index (χ4v) is 2.82. The van der Waals surface area contributed by atoms with Gasteiger partial charge in [0.25, 0.3) is 11.1 Å². The van der Waals surface area contributed by atoms with Crippen LogP contribution in [0.5, 0.6) is 11.5 Å². The highest BCUT2D eigenvalue weighted by Crippen LogP contribution is 2.34. The van der Waals surface area contributed by atoms with E-state index in [1.165, 1.54) is 4.90 Å². The van der Waals surface area contributed by atoms with Crippen molar-refractivity contribution < 1.29 is 19.1 Å². The van der Waals surface area contributed by atoms with E-state index in [2.05, 4.69) is 0 Å². The van der Waals surface area contributed by atoms with Crippen molar-refractivity contribution >= 4 is 29.0 Å². The molecule has 2 rings (SSSR count). The summed E-state index contributed by atoms with van der Waals surface area (Å²) in [5.74, 6) is 0.966. The number of amides is 2. The normalized spacial score (nSPS) is 16.8. The second-order valence-electron chi connectivity index (χ2n) is 4.94. The number of benzene rings is 1. The standard InChI is InChI=1S/C15H18N2O4S/c1-16(2)9-17-14(18)13(22-15(17)19)8-10-7-11(20-3)5-6-12(10)21-4/h5-8H,9H2,1-4H3. The molecule has 0 aliphatic carbocycles. The van der Waals surface area contributed by atoms with Gasteiger partial charge in [-0.3, -0.25) is 19.4 Å². The number of rotatable bonds is 5. The van der Waals surface area contributed by atoms with E-state index < -0.39 is 0 Å². The van der Waals surface area contributed by atoms with Crippen LogP contribution in [0.4, 0.5) is 4.79 Å². The molecular formula is C15H18N2O4S. The van der Waals surface area contributed by atoms with Crippen molar-refractivity contribution in [1.82, 2.24) is 9.80 Å². The van der Waals surface area contributed by atoms with E-state index in [9.17, 15) is 9.59 Å². The zero-order valence-electron chi connectivity index (χ0n) is 13.0. The molecule has 6 nitrogen and oxygen atoms in total. The molecule has 0 atom stereocenters. The highest BCUT2D eigenvalue weighted by atomic mass is 32.2. The minimum atomic E-state index is -0.298. The number of carbonyl (C=O) groups excluding carboxylic acids is 2. The molecule has 22 heavy (non-hydrogen) atoms. The molecule has 1 saturated heterocycles. The Morgan fingerprint density at radius 3 is 2.55 bits per heavy atom. The van der Waals surface area contributed by atoms with Crippen LogP contribution in [0.1, 0.15) is 5.56 Å². The van der Waals surface area contributed by atoms with Crippen molar-refractivity contribution in [2.24, 2.45) is 0 Å². The van der Waals surface area contributed by atoms with E-state index in [0.29, 0.717) is 22.0 Å². The van der Waals surface area contributed by atoms with Crippen LogP contribution in [0.3, 0.4) is 0 Å². The largest absolute Gasteiger partial charge is 0.497 e. The third-order valence-corrected chi connectivity index (χ3v) is 3.93. The smallest absolute Gasteiger partial charge is 0.294 e. The predicted molar refractivity (Wildman–Crippen MR) is 85.9 cm³/mol. The molecule has 118 valence electrons. The van der Waals surface area contributed by atoms with E-state index in [1.54, 1.807) is 57.5 Å². The van der Waals surface area contributed by atoms with Gasteiger partial charge in [-0.1, -0.05) is 0 Å². The Balaban J connectivity index is 2.34. The van der Waals surface area contributed by atoms with Gasteiger partial charge in [0.1, 0.15) is 11.5 Å². The molecule has 1 fully saturated rings. The first kappa shape index (κ1) is 16.4. The topological polar surface area (TPSA) is 59.1 Å². The molecule has 1 aromatic carbocycles. The van der Waals surface area contributed by atoms with Crippen molar-refractivity contribution in [3.05, 3.63) is 28.7 Å². The second-order valence-corrected chi connectivity index (χ2v) is 5.93. The lowest BCUT2D eigenvalue weighted by Crippen LogP contribution is -2.36. The lowest BCUT2D eigenvalue weighted by molar-refractivity contribution is -0.123. The average molecular weight is 322 g/mol. The van der Waals surface area contributed by atoms with Crippen LogP contribution < -0.4 is 9.47 Å². The van der Waals surface area contributed by atoms with Gasteiger partial charge in [0.15, 0.2) is 0 Å². The van der Waals surface area contributed by atoms with E-state index in [1.807, 2.05) is 0 Å². The van der Waals surface area contributed by atoms with Gasteiger partial charge in [0, 0.05) is 5.56 Å².